The SMILES string of the molecule is CCOc1ccccc1NC(=O)C(C)N(C)CCN(C)c1ccccc1. The summed E-state index contributed by atoms with van der Waals surface area (Å²) in [6, 6.07) is 17.5. The number of hydrogen-bond donors (Lipinski definition) is 1. The number of carbonyl (C=O) groups is 1. The molecule has 0 saturated heterocycles. The highest BCUT2D eigenvalue weighted by atomic mass is 16.5. The molecule has 0 aromatic heterocycles. The Balaban J connectivity index is 1.89. The van der Waals surface area contributed by atoms with Crippen LogP contribution in [-0.2, 0) is 4.79 Å². The number of amides is 1. The Kier molecular flexibility index (Phi) is 7.48. The minimum atomic E-state index is -0.242. The lowest BCUT2D eigenvalue weighted by Crippen LogP contribution is -2.42. The van der Waals surface area contributed by atoms with Gasteiger partial charge in [-0.05, 0) is 45.2 Å². The first-order chi connectivity index (χ1) is 12.5. The van der Waals surface area contributed by atoms with Gasteiger partial charge in [-0.1, -0.05) is 30.3 Å². The van der Waals surface area contributed by atoms with Gasteiger partial charge in [0.1, 0.15) is 5.75 Å². The molecule has 2 aromatic rings. The number of nitrogens with zero attached hydrogens (tertiary/aromatic N) is 2. The quantitative estimate of drug-likeness (QED) is 0.748. The molecule has 2 aromatic carbocycles. The Morgan fingerprint density at radius 1 is 1.04 bits per heavy atom. The third-order valence-corrected chi connectivity index (χ3v) is 4.47. The highest BCUT2D eigenvalue weighted by molar-refractivity contribution is 5.95. The first-order valence-corrected chi connectivity index (χ1v) is 9.02. The highest BCUT2D eigenvalue weighted by Crippen LogP contribution is 2.24. The summed E-state index contributed by atoms with van der Waals surface area (Å²) in [6.07, 6.45) is 0. The van der Waals surface area contributed by atoms with Gasteiger partial charge in [-0.15, -0.1) is 0 Å². The number of benzene rings is 2. The van der Waals surface area contributed by atoms with Crippen molar-refractivity contribution in [1.82, 2.24) is 4.90 Å². The Morgan fingerprint density at radius 3 is 2.38 bits per heavy atom. The van der Waals surface area contributed by atoms with Crippen LogP contribution in [0, 0.1) is 0 Å². The number of para-hydroxylation sites is 3. The molecule has 0 heterocycles. The van der Waals surface area contributed by atoms with Crippen LogP contribution in [0.4, 0.5) is 11.4 Å². The van der Waals surface area contributed by atoms with Gasteiger partial charge in [0.2, 0.25) is 5.91 Å². The van der Waals surface area contributed by atoms with Crippen molar-refractivity contribution in [2.24, 2.45) is 0 Å². The molecule has 0 saturated carbocycles. The van der Waals surface area contributed by atoms with Crippen LogP contribution in [0.15, 0.2) is 54.6 Å². The maximum atomic E-state index is 12.6. The number of hydrogen-bond acceptors (Lipinski definition) is 4. The van der Waals surface area contributed by atoms with Gasteiger partial charge in [0.25, 0.3) is 0 Å². The predicted molar refractivity (Wildman–Crippen MR) is 108 cm³/mol. The van der Waals surface area contributed by atoms with Gasteiger partial charge in [-0.2, -0.15) is 0 Å². The topological polar surface area (TPSA) is 44.8 Å². The summed E-state index contributed by atoms with van der Waals surface area (Å²) in [7, 11) is 4.03. The number of carbonyl (C=O) groups excluding carboxylic acids is 1. The molecule has 26 heavy (non-hydrogen) atoms. The second-order valence-corrected chi connectivity index (χ2v) is 6.33. The Morgan fingerprint density at radius 2 is 1.69 bits per heavy atom. The van der Waals surface area contributed by atoms with Gasteiger partial charge in [-0.25, -0.2) is 0 Å². The van der Waals surface area contributed by atoms with Crippen molar-refractivity contribution in [2.75, 3.05) is 44.0 Å². The summed E-state index contributed by atoms with van der Waals surface area (Å²) in [5.74, 6) is 0.657. The lowest BCUT2D eigenvalue weighted by Gasteiger charge is -2.27. The minimum absolute atomic E-state index is 0.0398. The molecule has 0 fully saturated rings. The molecule has 5 nitrogen and oxygen atoms in total. The van der Waals surface area contributed by atoms with Crippen molar-refractivity contribution >= 4 is 17.3 Å². The molecule has 5 heteroatoms. The van der Waals surface area contributed by atoms with E-state index in [9.17, 15) is 4.79 Å². The second kappa shape index (κ2) is 9.82. The van der Waals surface area contributed by atoms with Crippen LogP contribution >= 0.6 is 0 Å². The Hall–Kier alpha value is -2.53. The number of likely N-dealkylation sites (N-methyl/N-ethyl adjacent to an activating group) is 2. The molecule has 0 bridgehead atoms. The van der Waals surface area contributed by atoms with Crippen LogP contribution < -0.4 is 15.0 Å². The van der Waals surface area contributed by atoms with Crippen LogP contribution in [0.25, 0.3) is 0 Å². The fourth-order valence-corrected chi connectivity index (χ4v) is 2.60. The highest BCUT2D eigenvalue weighted by Gasteiger charge is 2.19. The fourth-order valence-electron chi connectivity index (χ4n) is 2.60. The van der Waals surface area contributed by atoms with E-state index in [1.807, 2.05) is 63.4 Å². The first kappa shape index (κ1) is 19.8. The maximum Gasteiger partial charge on any atom is 0.241 e. The lowest BCUT2D eigenvalue weighted by atomic mass is 10.2. The van der Waals surface area contributed by atoms with Gasteiger partial charge in [0, 0.05) is 25.8 Å². The molecule has 1 amide bonds. The molecule has 1 N–H and O–H groups in total. The standard InChI is InChI=1S/C21H29N3O2/c1-5-26-20-14-10-9-13-19(20)22-21(25)17(2)23(3)15-16-24(4)18-11-7-6-8-12-18/h6-14,17H,5,15-16H2,1-4H3,(H,22,25). The van der Waals surface area contributed by atoms with Gasteiger partial charge in [-0.3, -0.25) is 9.69 Å². The Labute approximate surface area is 156 Å². The summed E-state index contributed by atoms with van der Waals surface area (Å²) >= 11 is 0. The average molecular weight is 355 g/mol. The summed E-state index contributed by atoms with van der Waals surface area (Å²) in [5, 5.41) is 2.98. The zero-order chi connectivity index (χ0) is 18.9. The van der Waals surface area contributed by atoms with Crippen LogP contribution in [0.1, 0.15) is 13.8 Å². The van der Waals surface area contributed by atoms with E-state index in [2.05, 4.69) is 34.3 Å². The Bertz CT molecular complexity index is 691. The van der Waals surface area contributed by atoms with Crippen LogP contribution in [-0.4, -0.2) is 50.6 Å². The largest absolute Gasteiger partial charge is 0.492 e. The molecular weight excluding hydrogens is 326 g/mol. The molecule has 1 atom stereocenters. The van der Waals surface area contributed by atoms with Gasteiger partial charge in [0.05, 0.1) is 18.3 Å². The number of anilines is 2. The van der Waals surface area contributed by atoms with E-state index < -0.39 is 0 Å². The molecular formula is C21H29N3O2. The van der Waals surface area contributed by atoms with E-state index >= 15 is 0 Å². The third-order valence-electron chi connectivity index (χ3n) is 4.47. The van der Waals surface area contributed by atoms with Crippen LogP contribution in [0.5, 0.6) is 5.75 Å². The van der Waals surface area contributed by atoms with E-state index in [-0.39, 0.29) is 11.9 Å². The van der Waals surface area contributed by atoms with E-state index in [1.54, 1.807) is 0 Å². The number of nitrogens with one attached hydrogen (secondary N) is 1. The minimum Gasteiger partial charge on any atom is -0.492 e. The zero-order valence-electron chi connectivity index (χ0n) is 16.1. The van der Waals surface area contributed by atoms with Crippen LogP contribution in [0.2, 0.25) is 0 Å². The zero-order valence-corrected chi connectivity index (χ0v) is 16.1. The van der Waals surface area contributed by atoms with Crippen molar-refractivity contribution in [3.05, 3.63) is 54.6 Å². The summed E-state index contributed by atoms with van der Waals surface area (Å²) in [4.78, 5) is 16.8. The van der Waals surface area contributed by atoms with Crippen molar-refractivity contribution < 1.29 is 9.53 Å². The lowest BCUT2D eigenvalue weighted by molar-refractivity contribution is -0.120. The summed E-state index contributed by atoms with van der Waals surface area (Å²) in [6.45, 7) is 6.04. The van der Waals surface area contributed by atoms with Crippen LogP contribution in [0.3, 0.4) is 0 Å². The monoisotopic (exact) mass is 355 g/mol. The summed E-state index contributed by atoms with van der Waals surface area (Å²) < 4.78 is 5.57. The summed E-state index contributed by atoms with van der Waals surface area (Å²) in [5.41, 5.74) is 1.88. The fraction of sp³-hybridized carbons (Fsp3) is 0.381. The van der Waals surface area contributed by atoms with E-state index in [0.29, 0.717) is 18.0 Å². The maximum absolute atomic E-state index is 12.6. The molecule has 0 aliphatic carbocycles. The molecule has 0 spiro atoms. The van der Waals surface area contributed by atoms with Crippen molar-refractivity contribution in [2.45, 2.75) is 19.9 Å². The molecule has 0 aliphatic heterocycles. The molecule has 2 rings (SSSR count). The normalized spacial score (nSPS) is 11.9. The van der Waals surface area contributed by atoms with Crippen molar-refractivity contribution in [3.63, 3.8) is 0 Å². The van der Waals surface area contributed by atoms with Gasteiger partial charge < -0.3 is 15.0 Å². The predicted octanol–water partition coefficient (Wildman–Crippen LogP) is 3.48. The van der Waals surface area contributed by atoms with Crippen molar-refractivity contribution in [1.29, 1.82) is 0 Å². The number of rotatable bonds is 9. The second-order valence-electron chi connectivity index (χ2n) is 6.33. The van der Waals surface area contributed by atoms with Gasteiger partial charge >= 0.3 is 0 Å². The number of ether oxygens (including phenoxy) is 1. The molecule has 1 unspecified atom stereocenters. The third kappa shape index (κ3) is 5.49. The average Bonchev–Trinajstić information content (AvgIpc) is 2.67. The van der Waals surface area contributed by atoms with Crippen molar-refractivity contribution in [3.8, 4) is 5.75 Å². The van der Waals surface area contributed by atoms with E-state index in [4.69, 9.17) is 4.74 Å². The molecule has 0 aliphatic rings. The molecule has 0 radical (unpaired) electrons. The first-order valence-electron chi connectivity index (χ1n) is 9.02. The van der Waals surface area contributed by atoms with Gasteiger partial charge in [0.15, 0.2) is 0 Å². The van der Waals surface area contributed by atoms with E-state index in [0.717, 1.165) is 13.1 Å². The smallest absolute Gasteiger partial charge is 0.241 e. The van der Waals surface area contributed by atoms with E-state index in [1.165, 1.54) is 5.69 Å². The molecule has 140 valence electrons.